The fourth-order valence-corrected chi connectivity index (χ4v) is 7.94. The van der Waals surface area contributed by atoms with Gasteiger partial charge in [-0.05, 0) is 63.9 Å². The Labute approximate surface area is 371 Å². The molecular formula is C45H53FN14O4. The number of anilines is 6. The molecule has 6 aromatic rings. The van der Waals surface area contributed by atoms with Gasteiger partial charge in [0, 0.05) is 85.5 Å². The molecule has 0 aromatic carbocycles. The zero-order valence-corrected chi connectivity index (χ0v) is 36.8. The molecule has 0 amide bonds. The van der Waals surface area contributed by atoms with Gasteiger partial charge in [0.2, 0.25) is 5.88 Å². The molecule has 2 fully saturated rings. The van der Waals surface area contributed by atoms with Gasteiger partial charge >= 0.3 is 0 Å². The van der Waals surface area contributed by atoms with E-state index in [-0.39, 0.29) is 30.7 Å². The van der Waals surface area contributed by atoms with Crippen LogP contribution < -0.4 is 31.6 Å². The van der Waals surface area contributed by atoms with Crippen LogP contribution in [0.2, 0.25) is 0 Å². The average Bonchev–Trinajstić information content (AvgIpc) is 3.28. The number of aryl methyl sites for hydroxylation is 3. The van der Waals surface area contributed by atoms with Gasteiger partial charge in [-0.1, -0.05) is 0 Å². The van der Waals surface area contributed by atoms with E-state index in [4.69, 9.17) is 45.4 Å². The first-order chi connectivity index (χ1) is 30.9. The van der Waals surface area contributed by atoms with E-state index in [1.165, 1.54) is 12.3 Å². The van der Waals surface area contributed by atoms with E-state index in [2.05, 4.69) is 65.3 Å². The zero-order chi connectivity index (χ0) is 44.9. The standard InChI is InChI=1S/C45H53FN14O4/c1-25-13-32(21-51-44(25)61-6)57-42-36(39-18-41(48)56-29(5)54-39)15-31(20-50-42)27(3)60-9-12-63-34(23-60)24-64-45-37(46)16-33(22-52-45)58-43-35(38-17-40(47)55-28(4)53-38)14-30(19-49-43)26(2)59-7-10-62-11-8-59/h13-22,26-27,34H,7-12,23-24H2,1-6H3,(H,49,58)(H,50,57)(H2,47,53,55)(H2,48,54,56). The van der Waals surface area contributed by atoms with Crippen LogP contribution in [0.4, 0.5) is 39.0 Å². The molecule has 0 radical (unpaired) electrons. The van der Waals surface area contributed by atoms with Crippen LogP contribution in [0, 0.1) is 26.6 Å². The van der Waals surface area contributed by atoms with Crippen LogP contribution in [0.5, 0.6) is 11.8 Å². The smallest absolute Gasteiger partial charge is 0.250 e. The second-order valence-corrected chi connectivity index (χ2v) is 15.9. The number of aromatic nitrogens is 8. The van der Waals surface area contributed by atoms with E-state index in [0.717, 1.165) is 41.0 Å². The highest BCUT2D eigenvalue weighted by Crippen LogP contribution is 2.35. The number of pyridine rings is 4. The first-order valence-electron chi connectivity index (χ1n) is 21.1. The summed E-state index contributed by atoms with van der Waals surface area (Å²) in [4.78, 5) is 40.9. The minimum atomic E-state index is -0.638. The summed E-state index contributed by atoms with van der Waals surface area (Å²) >= 11 is 0. The normalized spacial score (nSPS) is 16.8. The molecule has 19 heteroatoms. The Hall–Kier alpha value is -6.67. The summed E-state index contributed by atoms with van der Waals surface area (Å²) < 4.78 is 38.6. The van der Waals surface area contributed by atoms with E-state index >= 15 is 4.39 Å². The Kier molecular flexibility index (Phi) is 13.3. The summed E-state index contributed by atoms with van der Waals surface area (Å²) in [6.07, 6.45) is 6.50. The van der Waals surface area contributed by atoms with Crippen LogP contribution >= 0.6 is 0 Å². The maximum absolute atomic E-state index is 15.7. The van der Waals surface area contributed by atoms with Crippen molar-refractivity contribution in [3.05, 3.63) is 95.3 Å². The van der Waals surface area contributed by atoms with Crippen LogP contribution in [-0.4, -0.2) is 115 Å². The number of rotatable bonds is 14. The summed E-state index contributed by atoms with van der Waals surface area (Å²) in [5.74, 6) is 2.56. The van der Waals surface area contributed by atoms with Crippen LogP contribution in [0.25, 0.3) is 22.5 Å². The van der Waals surface area contributed by atoms with Gasteiger partial charge in [-0.15, -0.1) is 0 Å². The molecule has 6 N–H and O–H groups in total. The van der Waals surface area contributed by atoms with Crippen molar-refractivity contribution in [1.29, 1.82) is 0 Å². The Morgan fingerprint density at radius 1 is 0.703 bits per heavy atom. The van der Waals surface area contributed by atoms with Crippen molar-refractivity contribution in [2.24, 2.45) is 0 Å². The number of hydrogen-bond donors (Lipinski definition) is 4. The van der Waals surface area contributed by atoms with Gasteiger partial charge in [0.25, 0.3) is 5.88 Å². The summed E-state index contributed by atoms with van der Waals surface area (Å²) in [6, 6.07) is 10.8. The molecule has 3 atom stereocenters. The quantitative estimate of drug-likeness (QED) is 0.0965. The van der Waals surface area contributed by atoms with Gasteiger partial charge in [-0.2, -0.15) is 0 Å². The molecule has 3 unspecified atom stereocenters. The Morgan fingerprint density at radius 3 is 1.80 bits per heavy atom. The van der Waals surface area contributed by atoms with E-state index in [1.807, 2.05) is 31.5 Å². The van der Waals surface area contributed by atoms with Crippen molar-refractivity contribution in [2.75, 3.05) is 81.8 Å². The molecule has 0 bridgehead atoms. The molecule has 0 saturated carbocycles. The fourth-order valence-electron chi connectivity index (χ4n) is 7.94. The van der Waals surface area contributed by atoms with Gasteiger partial charge in [-0.25, -0.2) is 44.3 Å². The van der Waals surface area contributed by atoms with Gasteiger partial charge in [0.05, 0.1) is 62.1 Å². The highest BCUT2D eigenvalue weighted by atomic mass is 19.1. The van der Waals surface area contributed by atoms with Gasteiger partial charge < -0.3 is 41.0 Å². The number of nitrogens with two attached hydrogens (primary N) is 2. The molecule has 334 valence electrons. The number of morpholine rings is 2. The summed E-state index contributed by atoms with van der Waals surface area (Å²) in [5, 5.41) is 6.64. The molecule has 0 aliphatic carbocycles. The topological polar surface area (TPSA) is 223 Å². The fraction of sp³-hybridized carbons (Fsp3) is 0.378. The second kappa shape index (κ2) is 19.4. The third-order valence-electron chi connectivity index (χ3n) is 11.3. The summed E-state index contributed by atoms with van der Waals surface area (Å²) in [5.41, 5.74) is 18.9. The van der Waals surface area contributed by atoms with Gasteiger partial charge in [0.15, 0.2) is 5.82 Å². The molecule has 2 saturated heterocycles. The van der Waals surface area contributed by atoms with Crippen molar-refractivity contribution < 1.29 is 23.3 Å². The average molecular weight is 873 g/mol. The number of nitrogens with one attached hydrogen (secondary N) is 2. The number of nitrogens with zero attached hydrogens (tertiary/aromatic N) is 10. The van der Waals surface area contributed by atoms with Crippen molar-refractivity contribution in [1.82, 2.24) is 49.7 Å². The molecule has 8 heterocycles. The maximum Gasteiger partial charge on any atom is 0.250 e. The molecule has 0 spiro atoms. The van der Waals surface area contributed by atoms with Crippen molar-refractivity contribution in [2.45, 2.75) is 52.8 Å². The number of methoxy groups -OCH3 is 1. The minimum Gasteiger partial charge on any atom is -0.481 e. The molecule has 2 aliphatic heterocycles. The van der Waals surface area contributed by atoms with Gasteiger partial charge in [-0.3, -0.25) is 9.80 Å². The van der Waals surface area contributed by atoms with Crippen molar-refractivity contribution >= 4 is 34.6 Å². The lowest BCUT2D eigenvalue weighted by Crippen LogP contribution is -2.46. The van der Waals surface area contributed by atoms with E-state index in [9.17, 15) is 0 Å². The predicted molar refractivity (Wildman–Crippen MR) is 241 cm³/mol. The van der Waals surface area contributed by atoms with Crippen LogP contribution in [0.1, 0.15) is 54.3 Å². The van der Waals surface area contributed by atoms with Crippen molar-refractivity contribution in [3.8, 4) is 34.3 Å². The highest BCUT2D eigenvalue weighted by molar-refractivity contribution is 5.79. The first-order valence-corrected chi connectivity index (χ1v) is 21.1. The van der Waals surface area contributed by atoms with Crippen LogP contribution in [-0.2, 0) is 9.47 Å². The van der Waals surface area contributed by atoms with Crippen LogP contribution in [0.15, 0.2) is 61.2 Å². The van der Waals surface area contributed by atoms with Gasteiger partial charge in [0.1, 0.15) is 47.6 Å². The van der Waals surface area contributed by atoms with Crippen LogP contribution in [0.3, 0.4) is 0 Å². The predicted octanol–water partition coefficient (Wildman–Crippen LogP) is 6.14. The molecular weight excluding hydrogens is 820 g/mol. The largest absolute Gasteiger partial charge is 0.481 e. The molecule has 8 rings (SSSR count). The van der Waals surface area contributed by atoms with E-state index < -0.39 is 5.82 Å². The summed E-state index contributed by atoms with van der Waals surface area (Å²) in [7, 11) is 1.59. The lowest BCUT2D eigenvalue weighted by molar-refractivity contribution is -0.0599. The highest BCUT2D eigenvalue weighted by Gasteiger charge is 2.28. The Morgan fingerprint density at radius 2 is 1.25 bits per heavy atom. The Balaban J connectivity index is 0.953. The SMILES string of the molecule is COc1ncc(Nc2ncc(C(C)N3CCOC(COc4ncc(Nc5ncc(C(C)N6CCOCC6)cc5-c5cc(N)nc(C)n5)cc4F)C3)cc2-c2cc(N)nc(C)n2)cc1C. The summed E-state index contributed by atoms with van der Waals surface area (Å²) in [6.45, 7) is 14.5. The number of halogens is 1. The van der Waals surface area contributed by atoms with Crippen molar-refractivity contribution in [3.63, 3.8) is 0 Å². The van der Waals surface area contributed by atoms with E-state index in [0.29, 0.717) is 96.3 Å². The molecule has 18 nitrogen and oxygen atoms in total. The molecule has 64 heavy (non-hydrogen) atoms. The third-order valence-corrected chi connectivity index (χ3v) is 11.3. The number of ether oxygens (including phenoxy) is 4. The minimum absolute atomic E-state index is 0.0741. The third kappa shape index (κ3) is 10.2. The zero-order valence-electron chi connectivity index (χ0n) is 36.8. The second-order valence-electron chi connectivity index (χ2n) is 15.9. The Bertz CT molecular complexity index is 2570. The molecule has 2 aliphatic rings. The molecule has 6 aromatic heterocycles. The number of nitrogen functional groups attached to an aromatic ring is 2. The lowest BCUT2D eigenvalue weighted by atomic mass is 10.0. The lowest BCUT2D eigenvalue weighted by Gasteiger charge is -2.37. The monoisotopic (exact) mass is 872 g/mol. The van der Waals surface area contributed by atoms with E-state index in [1.54, 1.807) is 39.3 Å². The number of hydrogen-bond acceptors (Lipinski definition) is 18. The maximum atomic E-state index is 15.7. The first kappa shape index (κ1) is 44.0.